The van der Waals surface area contributed by atoms with Crippen LogP contribution in [0.3, 0.4) is 0 Å². The molecule has 2 heterocycles. The number of piperazine rings is 1. The Kier molecular flexibility index (Phi) is 6.36. The third-order valence-electron chi connectivity index (χ3n) is 5.22. The van der Waals surface area contributed by atoms with E-state index in [2.05, 4.69) is 10.3 Å². The minimum Gasteiger partial charge on any atom is -0.481 e. The number of benzene rings is 1. The Morgan fingerprint density at radius 2 is 1.80 bits per heavy atom. The smallest absolute Gasteiger partial charge is 0.325 e. The summed E-state index contributed by atoms with van der Waals surface area (Å²) in [5.41, 5.74) is 1.76. The fraction of sp³-hybridized carbons (Fsp3) is 0.400. The van der Waals surface area contributed by atoms with Gasteiger partial charge in [0.25, 0.3) is 0 Å². The van der Waals surface area contributed by atoms with E-state index in [0.717, 1.165) is 5.39 Å². The summed E-state index contributed by atoms with van der Waals surface area (Å²) in [6, 6.07) is 4.22. The lowest BCUT2D eigenvalue weighted by Crippen LogP contribution is -2.50. The second kappa shape index (κ2) is 8.95. The minimum atomic E-state index is -1.04. The summed E-state index contributed by atoms with van der Waals surface area (Å²) in [4.78, 5) is 52.6. The lowest BCUT2D eigenvalue weighted by Gasteiger charge is -2.37. The summed E-state index contributed by atoms with van der Waals surface area (Å²) in [6.45, 7) is 3.38. The molecule has 1 atom stereocenters. The first-order valence-electron chi connectivity index (χ1n) is 9.61. The number of fused-ring (bicyclic) bond motifs is 1. The van der Waals surface area contributed by atoms with Crippen LogP contribution in [0.15, 0.2) is 24.4 Å². The highest BCUT2D eigenvalue weighted by Crippen LogP contribution is 2.31. The van der Waals surface area contributed by atoms with Crippen LogP contribution < -0.4 is 5.32 Å². The largest absolute Gasteiger partial charge is 0.481 e. The molecule has 10 nitrogen and oxygen atoms in total. The van der Waals surface area contributed by atoms with Gasteiger partial charge >= 0.3 is 11.9 Å². The van der Waals surface area contributed by atoms with E-state index in [1.807, 2.05) is 4.90 Å². The van der Waals surface area contributed by atoms with E-state index in [0.29, 0.717) is 42.9 Å². The fourth-order valence-electron chi connectivity index (χ4n) is 3.68. The zero-order valence-electron chi connectivity index (χ0n) is 16.6. The van der Waals surface area contributed by atoms with Gasteiger partial charge < -0.3 is 25.4 Å². The van der Waals surface area contributed by atoms with Crippen LogP contribution in [-0.4, -0.2) is 74.9 Å². The number of amides is 2. The quantitative estimate of drug-likeness (QED) is 0.532. The molecule has 160 valence electrons. The molecule has 4 N–H and O–H groups in total. The maximum Gasteiger partial charge on any atom is 0.325 e. The second-order valence-corrected chi connectivity index (χ2v) is 7.23. The van der Waals surface area contributed by atoms with Crippen LogP contribution in [0.25, 0.3) is 10.9 Å². The lowest BCUT2D eigenvalue weighted by molar-refractivity contribution is -0.145. The molecule has 0 aliphatic carbocycles. The molecular formula is C20H24N4O6. The van der Waals surface area contributed by atoms with Crippen molar-refractivity contribution in [2.24, 2.45) is 0 Å². The number of anilines is 1. The van der Waals surface area contributed by atoms with Crippen molar-refractivity contribution in [3.05, 3.63) is 30.0 Å². The molecule has 1 fully saturated rings. The van der Waals surface area contributed by atoms with E-state index >= 15 is 0 Å². The zero-order valence-corrected chi connectivity index (χ0v) is 16.6. The third-order valence-corrected chi connectivity index (χ3v) is 5.22. The summed E-state index contributed by atoms with van der Waals surface area (Å²) in [5.74, 6) is -2.45. The van der Waals surface area contributed by atoms with Crippen LogP contribution >= 0.6 is 0 Å². The molecule has 0 bridgehead atoms. The first kappa shape index (κ1) is 21.3. The molecule has 2 amide bonds. The fourth-order valence-corrected chi connectivity index (χ4v) is 3.68. The number of carbonyl (C=O) groups excluding carboxylic acids is 2. The van der Waals surface area contributed by atoms with Gasteiger partial charge in [0.2, 0.25) is 11.8 Å². The Bertz CT molecular complexity index is 977. The molecule has 3 rings (SSSR count). The monoisotopic (exact) mass is 416 g/mol. The SMILES string of the molecule is CC(=O)N1CCN(C(C(=O)O)c2c[nH]c3cc(NC(=O)CCC(=O)O)ccc23)CC1. The van der Waals surface area contributed by atoms with Crippen molar-refractivity contribution in [3.8, 4) is 0 Å². The Balaban J connectivity index is 1.78. The molecular weight excluding hydrogens is 392 g/mol. The second-order valence-electron chi connectivity index (χ2n) is 7.23. The van der Waals surface area contributed by atoms with Gasteiger partial charge in [0.15, 0.2) is 0 Å². The summed E-state index contributed by atoms with van der Waals surface area (Å²) >= 11 is 0. The standard InChI is InChI=1S/C20H24N4O6/c1-12(25)23-6-8-24(9-7-23)19(20(29)30)15-11-21-16-10-13(2-3-14(15)16)22-17(26)4-5-18(27)28/h2-3,10-11,19,21H,4-9H2,1H3,(H,22,26)(H,27,28)(H,29,30). The topological polar surface area (TPSA) is 143 Å². The Labute approximate surface area is 172 Å². The van der Waals surface area contributed by atoms with E-state index in [4.69, 9.17) is 5.11 Å². The number of hydrogen-bond donors (Lipinski definition) is 4. The lowest BCUT2D eigenvalue weighted by atomic mass is 10.0. The molecule has 0 radical (unpaired) electrons. The van der Waals surface area contributed by atoms with Crippen LogP contribution in [0.5, 0.6) is 0 Å². The number of nitrogens with zero attached hydrogens (tertiary/aromatic N) is 2. The van der Waals surface area contributed by atoms with Gasteiger partial charge in [-0.05, 0) is 12.1 Å². The number of rotatable bonds is 7. The van der Waals surface area contributed by atoms with Crippen LogP contribution in [0.1, 0.15) is 31.4 Å². The summed E-state index contributed by atoms with van der Waals surface area (Å²) < 4.78 is 0. The van der Waals surface area contributed by atoms with E-state index < -0.39 is 23.9 Å². The van der Waals surface area contributed by atoms with Gasteiger partial charge in [-0.25, -0.2) is 0 Å². The molecule has 1 aromatic heterocycles. The molecule has 1 aliphatic heterocycles. The molecule has 1 aromatic carbocycles. The van der Waals surface area contributed by atoms with Gasteiger partial charge in [-0.2, -0.15) is 0 Å². The molecule has 1 unspecified atom stereocenters. The van der Waals surface area contributed by atoms with Crippen molar-refractivity contribution in [1.29, 1.82) is 0 Å². The number of carboxylic acid groups (broad SMARTS) is 2. The van der Waals surface area contributed by atoms with Crippen LogP contribution in [-0.2, 0) is 19.2 Å². The average molecular weight is 416 g/mol. The molecule has 30 heavy (non-hydrogen) atoms. The zero-order chi connectivity index (χ0) is 21.8. The maximum absolute atomic E-state index is 12.1. The number of H-pyrrole nitrogens is 1. The van der Waals surface area contributed by atoms with Gasteiger partial charge in [0.05, 0.1) is 6.42 Å². The first-order valence-corrected chi connectivity index (χ1v) is 9.61. The number of aliphatic carboxylic acids is 2. The molecule has 0 spiro atoms. The van der Waals surface area contributed by atoms with Crippen molar-refractivity contribution in [3.63, 3.8) is 0 Å². The van der Waals surface area contributed by atoms with Crippen molar-refractivity contribution in [2.45, 2.75) is 25.8 Å². The summed E-state index contributed by atoms with van der Waals surface area (Å²) in [7, 11) is 0. The number of carbonyl (C=O) groups is 4. The Hall–Kier alpha value is -3.40. The van der Waals surface area contributed by atoms with Crippen molar-refractivity contribution in [2.75, 3.05) is 31.5 Å². The highest BCUT2D eigenvalue weighted by atomic mass is 16.4. The number of carboxylic acids is 2. The predicted molar refractivity (Wildman–Crippen MR) is 108 cm³/mol. The minimum absolute atomic E-state index is 0.0217. The first-order chi connectivity index (χ1) is 14.3. The van der Waals surface area contributed by atoms with Crippen molar-refractivity contribution < 1.29 is 29.4 Å². The third kappa shape index (κ3) is 4.77. The van der Waals surface area contributed by atoms with Gasteiger partial charge in [0.1, 0.15) is 6.04 Å². The van der Waals surface area contributed by atoms with Crippen LogP contribution in [0, 0.1) is 0 Å². The van der Waals surface area contributed by atoms with E-state index in [9.17, 15) is 24.3 Å². The van der Waals surface area contributed by atoms with E-state index in [-0.39, 0.29) is 18.7 Å². The van der Waals surface area contributed by atoms with E-state index in [1.54, 1.807) is 29.3 Å². The normalized spacial score (nSPS) is 15.7. The molecule has 10 heteroatoms. The van der Waals surface area contributed by atoms with Crippen molar-refractivity contribution >= 4 is 40.3 Å². The summed E-state index contributed by atoms with van der Waals surface area (Å²) in [6.07, 6.45) is 1.27. The van der Waals surface area contributed by atoms with Gasteiger partial charge in [-0.15, -0.1) is 0 Å². The average Bonchev–Trinajstić information content (AvgIpc) is 3.09. The number of nitrogens with one attached hydrogen (secondary N) is 2. The number of aromatic nitrogens is 1. The van der Waals surface area contributed by atoms with Crippen LogP contribution in [0.2, 0.25) is 0 Å². The molecule has 1 saturated heterocycles. The number of aromatic amines is 1. The maximum atomic E-state index is 12.1. The van der Waals surface area contributed by atoms with E-state index in [1.165, 1.54) is 6.92 Å². The van der Waals surface area contributed by atoms with Crippen LogP contribution in [0.4, 0.5) is 5.69 Å². The highest BCUT2D eigenvalue weighted by Gasteiger charge is 2.32. The van der Waals surface area contributed by atoms with Gasteiger partial charge in [-0.3, -0.25) is 24.1 Å². The predicted octanol–water partition coefficient (Wildman–Crippen LogP) is 1.26. The summed E-state index contributed by atoms with van der Waals surface area (Å²) in [5, 5.41) is 21.9. The van der Waals surface area contributed by atoms with Gasteiger partial charge in [0, 0.05) is 67.9 Å². The van der Waals surface area contributed by atoms with Gasteiger partial charge in [-0.1, -0.05) is 6.07 Å². The Morgan fingerprint density at radius 1 is 1.10 bits per heavy atom. The molecule has 0 saturated carbocycles. The molecule has 2 aromatic rings. The number of hydrogen-bond acceptors (Lipinski definition) is 5. The van der Waals surface area contributed by atoms with Crippen molar-refractivity contribution in [1.82, 2.24) is 14.8 Å². The highest BCUT2D eigenvalue weighted by molar-refractivity contribution is 5.96. The molecule has 1 aliphatic rings. The Morgan fingerprint density at radius 3 is 2.40 bits per heavy atom.